The molecule has 0 heterocycles. The molecule has 1 saturated carbocycles. The van der Waals surface area contributed by atoms with Gasteiger partial charge >= 0.3 is 0 Å². The first-order chi connectivity index (χ1) is 11.0. The van der Waals surface area contributed by atoms with Gasteiger partial charge in [0.25, 0.3) is 0 Å². The zero-order chi connectivity index (χ0) is 16.4. The third-order valence-electron chi connectivity index (χ3n) is 3.45. The number of hydrogen-bond donors (Lipinski definition) is 2. The van der Waals surface area contributed by atoms with Gasteiger partial charge in [-0.1, -0.05) is 11.6 Å². The molecule has 23 heavy (non-hydrogen) atoms. The molecule has 0 aliphatic heterocycles. The van der Waals surface area contributed by atoms with Gasteiger partial charge in [-0.15, -0.1) is 11.8 Å². The Kier molecular flexibility index (Phi) is 4.90. The molecule has 1 aliphatic rings. The lowest BCUT2D eigenvalue weighted by Gasteiger charge is -2.15. The molecule has 1 atom stereocenters. The van der Waals surface area contributed by atoms with E-state index in [1.807, 2.05) is 0 Å². The number of aliphatic hydroxyl groups is 1. The summed E-state index contributed by atoms with van der Waals surface area (Å²) in [5.41, 5.74) is 6.96. The molecule has 120 valence electrons. The van der Waals surface area contributed by atoms with Crippen LogP contribution >= 0.6 is 23.4 Å². The van der Waals surface area contributed by atoms with Gasteiger partial charge in [-0.25, -0.2) is 9.38 Å². The van der Waals surface area contributed by atoms with Crippen LogP contribution in [0.25, 0.3) is 0 Å². The van der Waals surface area contributed by atoms with E-state index in [0.717, 1.165) is 17.7 Å². The van der Waals surface area contributed by atoms with Crippen molar-refractivity contribution in [2.75, 3.05) is 0 Å². The fraction of sp³-hybridized carbons (Fsp3) is 0.235. The Morgan fingerprint density at radius 1 is 1.26 bits per heavy atom. The van der Waals surface area contributed by atoms with Gasteiger partial charge in [-0.3, -0.25) is 0 Å². The van der Waals surface area contributed by atoms with Crippen LogP contribution in [0.5, 0.6) is 0 Å². The molecule has 0 amide bonds. The van der Waals surface area contributed by atoms with Crippen LogP contribution in [0.4, 0.5) is 10.1 Å². The second kappa shape index (κ2) is 6.91. The fourth-order valence-corrected chi connectivity index (χ4v) is 3.40. The van der Waals surface area contributed by atoms with E-state index in [0.29, 0.717) is 21.5 Å². The van der Waals surface area contributed by atoms with Crippen molar-refractivity contribution >= 4 is 34.9 Å². The molecular weight excluding hydrogens is 335 g/mol. The minimum absolute atomic E-state index is 0.0237. The van der Waals surface area contributed by atoms with Crippen molar-refractivity contribution in [1.82, 2.24) is 0 Å². The molecule has 0 aromatic heterocycles. The summed E-state index contributed by atoms with van der Waals surface area (Å²) in [5.74, 6) is -0.381. The highest BCUT2D eigenvalue weighted by Gasteiger charge is 2.26. The van der Waals surface area contributed by atoms with Crippen molar-refractivity contribution in [3.63, 3.8) is 0 Å². The summed E-state index contributed by atoms with van der Waals surface area (Å²) in [6.07, 6.45) is 1.14. The van der Waals surface area contributed by atoms with Crippen LogP contribution in [0, 0.1) is 5.82 Å². The first kappa shape index (κ1) is 16.3. The van der Waals surface area contributed by atoms with E-state index in [9.17, 15) is 9.50 Å². The maximum Gasteiger partial charge on any atom is 0.137 e. The van der Waals surface area contributed by atoms with E-state index in [1.54, 1.807) is 42.1 Å². The Morgan fingerprint density at radius 3 is 2.61 bits per heavy atom. The number of hydrogen-bond acceptors (Lipinski definition) is 3. The summed E-state index contributed by atoms with van der Waals surface area (Å²) in [4.78, 5) is 5.04. The lowest BCUT2D eigenvalue weighted by molar-refractivity contribution is 0.242. The highest BCUT2D eigenvalue weighted by Crippen LogP contribution is 2.42. The Bertz CT molecular complexity index is 732. The number of amidine groups is 1. The van der Waals surface area contributed by atoms with Crippen LogP contribution in [0.2, 0.25) is 5.02 Å². The first-order valence-corrected chi connectivity index (χ1v) is 8.52. The fourth-order valence-electron chi connectivity index (χ4n) is 2.09. The molecule has 2 aromatic carbocycles. The smallest absolute Gasteiger partial charge is 0.137 e. The van der Waals surface area contributed by atoms with Crippen molar-refractivity contribution in [2.45, 2.75) is 29.1 Å². The van der Waals surface area contributed by atoms with E-state index >= 15 is 0 Å². The summed E-state index contributed by atoms with van der Waals surface area (Å²) in [5, 5.41) is 11.6. The van der Waals surface area contributed by atoms with E-state index < -0.39 is 11.9 Å². The summed E-state index contributed by atoms with van der Waals surface area (Å²) in [7, 11) is 0. The first-order valence-electron chi connectivity index (χ1n) is 7.27. The molecule has 3 rings (SSSR count). The van der Waals surface area contributed by atoms with Crippen molar-refractivity contribution in [2.24, 2.45) is 10.7 Å². The average molecular weight is 351 g/mol. The number of nitrogens with two attached hydrogens (primary N) is 1. The Hall–Kier alpha value is -1.56. The number of aliphatic hydroxyl groups excluding tert-OH is 1. The normalized spacial score (nSPS) is 16.4. The van der Waals surface area contributed by atoms with Gasteiger partial charge in [0.05, 0.1) is 5.69 Å². The van der Waals surface area contributed by atoms with Crippen molar-refractivity contribution in [3.05, 3.63) is 58.9 Å². The van der Waals surface area contributed by atoms with Gasteiger partial charge in [0, 0.05) is 20.7 Å². The topological polar surface area (TPSA) is 58.6 Å². The highest BCUT2D eigenvalue weighted by molar-refractivity contribution is 8.00. The monoisotopic (exact) mass is 350 g/mol. The van der Waals surface area contributed by atoms with Gasteiger partial charge in [0.15, 0.2) is 0 Å². The average Bonchev–Trinajstić information content (AvgIpc) is 3.34. The van der Waals surface area contributed by atoms with Crippen molar-refractivity contribution in [3.8, 4) is 0 Å². The Balaban J connectivity index is 1.87. The Labute approximate surface area is 143 Å². The summed E-state index contributed by atoms with van der Waals surface area (Å²) >= 11 is 7.47. The van der Waals surface area contributed by atoms with Gasteiger partial charge in [-0.05, 0) is 55.3 Å². The quantitative estimate of drug-likeness (QED) is 0.618. The molecular formula is C17H16ClFN2OS. The van der Waals surface area contributed by atoms with Crippen molar-refractivity contribution in [1.29, 1.82) is 0 Å². The summed E-state index contributed by atoms with van der Waals surface area (Å²) in [6.45, 7) is 0. The van der Waals surface area contributed by atoms with Crippen LogP contribution in [0.1, 0.15) is 24.5 Å². The van der Waals surface area contributed by atoms with E-state index in [-0.39, 0.29) is 5.84 Å². The van der Waals surface area contributed by atoms with E-state index in [2.05, 4.69) is 4.99 Å². The maximum atomic E-state index is 13.6. The largest absolute Gasteiger partial charge is 0.385 e. The number of aliphatic imine (C=N–C) groups is 1. The minimum Gasteiger partial charge on any atom is -0.385 e. The molecule has 3 N–H and O–H groups in total. The molecule has 1 unspecified atom stereocenters. The molecule has 2 aromatic rings. The van der Waals surface area contributed by atoms with Gasteiger partial charge < -0.3 is 10.8 Å². The van der Waals surface area contributed by atoms with Crippen molar-refractivity contribution < 1.29 is 9.50 Å². The van der Waals surface area contributed by atoms with Gasteiger partial charge in [-0.2, -0.15) is 0 Å². The van der Waals surface area contributed by atoms with Crippen LogP contribution in [-0.2, 0) is 0 Å². The minimum atomic E-state index is -1.15. The molecule has 3 nitrogen and oxygen atoms in total. The SMILES string of the molecule is NC(=Nc1ccc(Cl)cc1)C(O)c1cc(F)ccc1SC1CC1. The predicted octanol–water partition coefficient (Wildman–Crippen LogP) is 4.46. The molecule has 0 spiro atoms. The molecule has 1 aliphatic carbocycles. The lowest BCUT2D eigenvalue weighted by atomic mass is 10.1. The van der Waals surface area contributed by atoms with Crippen LogP contribution < -0.4 is 5.73 Å². The van der Waals surface area contributed by atoms with E-state index in [1.165, 1.54) is 12.1 Å². The molecule has 0 bridgehead atoms. The second-order valence-electron chi connectivity index (χ2n) is 5.41. The van der Waals surface area contributed by atoms with E-state index in [4.69, 9.17) is 17.3 Å². The van der Waals surface area contributed by atoms with Crippen LogP contribution in [-0.4, -0.2) is 16.2 Å². The maximum absolute atomic E-state index is 13.6. The molecule has 0 radical (unpaired) electrons. The van der Waals surface area contributed by atoms with Gasteiger partial charge in [0.1, 0.15) is 17.8 Å². The van der Waals surface area contributed by atoms with Crippen LogP contribution in [0.15, 0.2) is 52.4 Å². The highest BCUT2D eigenvalue weighted by atomic mass is 35.5. The number of benzene rings is 2. The number of halogens is 2. The summed E-state index contributed by atoms with van der Waals surface area (Å²) in [6, 6.07) is 11.2. The lowest BCUT2D eigenvalue weighted by Crippen LogP contribution is -2.22. The zero-order valence-electron chi connectivity index (χ0n) is 12.2. The number of nitrogens with zero attached hydrogens (tertiary/aromatic N) is 1. The third kappa shape index (κ3) is 4.25. The standard InChI is InChI=1S/C17H16ClFN2OS/c18-10-1-4-12(5-2-10)21-17(20)16(22)14-9-11(19)3-8-15(14)23-13-6-7-13/h1-5,8-9,13,16,22H,6-7H2,(H2,20,21). The number of rotatable bonds is 5. The molecule has 6 heteroatoms. The summed E-state index contributed by atoms with van der Waals surface area (Å²) < 4.78 is 13.6. The zero-order valence-corrected chi connectivity index (χ0v) is 13.8. The molecule has 1 fully saturated rings. The Morgan fingerprint density at radius 2 is 1.96 bits per heavy atom. The van der Waals surface area contributed by atoms with Crippen LogP contribution in [0.3, 0.4) is 0 Å². The third-order valence-corrected chi connectivity index (χ3v) is 5.13. The molecule has 0 saturated heterocycles. The number of thioether (sulfide) groups is 1. The van der Waals surface area contributed by atoms with Gasteiger partial charge in [0.2, 0.25) is 0 Å². The predicted molar refractivity (Wildman–Crippen MR) is 93.0 cm³/mol. The second-order valence-corrected chi connectivity index (χ2v) is 7.19.